The minimum absolute atomic E-state index is 0.132. The van der Waals surface area contributed by atoms with Gasteiger partial charge in [0.05, 0.1) is 10.4 Å². The maximum Gasteiger partial charge on any atom is 0.177 e. The van der Waals surface area contributed by atoms with Gasteiger partial charge in [0.2, 0.25) is 0 Å². The van der Waals surface area contributed by atoms with Crippen molar-refractivity contribution in [1.82, 2.24) is 0 Å². The molecule has 2 aliphatic rings. The van der Waals surface area contributed by atoms with E-state index in [-0.39, 0.29) is 11.6 Å². The van der Waals surface area contributed by atoms with E-state index in [1.807, 2.05) is 6.92 Å². The van der Waals surface area contributed by atoms with Gasteiger partial charge in [-0.15, -0.1) is 11.3 Å². The lowest BCUT2D eigenvalue weighted by Crippen LogP contribution is -2.29. The van der Waals surface area contributed by atoms with Gasteiger partial charge in [-0.3, -0.25) is 9.79 Å². The average Bonchev–Trinajstić information content (AvgIpc) is 3.07. The van der Waals surface area contributed by atoms with Gasteiger partial charge in [-0.2, -0.15) is 0 Å². The topological polar surface area (TPSA) is 55.5 Å². The number of fused-ring (bicyclic) bond motifs is 1. The quantitative estimate of drug-likeness (QED) is 0.743. The number of amidine groups is 1. The first-order valence-corrected chi connectivity index (χ1v) is 11.2. The summed E-state index contributed by atoms with van der Waals surface area (Å²) in [6, 6.07) is 4.98. The van der Waals surface area contributed by atoms with E-state index in [1.54, 1.807) is 23.5 Å². The predicted octanol–water partition coefficient (Wildman–Crippen LogP) is 4.86. The van der Waals surface area contributed by atoms with Crippen molar-refractivity contribution in [2.24, 2.45) is 10.7 Å². The van der Waals surface area contributed by atoms with Crippen molar-refractivity contribution in [3.05, 3.63) is 56.5 Å². The van der Waals surface area contributed by atoms with Crippen molar-refractivity contribution in [1.29, 1.82) is 0 Å². The number of carbonyl (C=O) groups excluding carboxylic acids is 1. The molecule has 0 fully saturated rings. The number of Topliss-reactive ketones (excluding diaryl/α,β-unsaturated/α-hetero) is 1. The van der Waals surface area contributed by atoms with E-state index in [4.69, 9.17) is 5.73 Å². The first kappa shape index (κ1) is 18.7. The fraction of sp³-hybridized carbons (Fsp3) is 0.429. The van der Waals surface area contributed by atoms with Crippen LogP contribution in [0, 0.1) is 5.82 Å². The lowest BCUT2D eigenvalue weighted by Gasteiger charge is -2.30. The number of aliphatic imine (C=N–C) groups is 1. The van der Waals surface area contributed by atoms with Crippen LogP contribution in [0.3, 0.4) is 0 Å². The van der Waals surface area contributed by atoms with Crippen LogP contribution in [0.5, 0.6) is 0 Å². The Morgan fingerprint density at radius 1 is 1.33 bits per heavy atom. The summed E-state index contributed by atoms with van der Waals surface area (Å²) < 4.78 is 14.6. The lowest BCUT2D eigenvalue weighted by molar-refractivity contribution is 0.0995. The molecule has 2 heterocycles. The lowest BCUT2D eigenvalue weighted by atomic mass is 9.87. The van der Waals surface area contributed by atoms with Crippen LogP contribution in [-0.4, -0.2) is 16.7 Å². The number of benzene rings is 1. The van der Waals surface area contributed by atoms with Gasteiger partial charge in [-0.05, 0) is 73.2 Å². The second kappa shape index (κ2) is 7.40. The Labute approximate surface area is 167 Å². The van der Waals surface area contributed by atoms with Gasteiger partial charge < -0.3 is 5.73 Å². The van der Waals surface area contributed by atoms with Crippen molar-refractivity contribution < 1.29 is 9.18 Å². The Morgan fingerprint density at radius 3 is 2.96 bits per heavy atom. The smallest absolute Gasteiger partial charge is 0.177 e. The summed E-state index contributed by atoms with van der Waals surface area (Å²) in [6.07, 6.45) is 5.46. The molecule has 0 amide bonds. The largest absolute Gasteiger partial charge is 0.379 e. The van der Waals surface area contributed by atoms with Crippen LogP contribution in [0.2, 0.25) is 0 Å². The van der Waals surface area contributed by atoms with Crippen molar-refractivity contribution >= 4 is 34.0 Å². The molecule has 142 valence electrons. The summed E-state index contributed by atoms with van der Waals surface area (Å²) >= 11 is 3.06. The van der Waals surface area contributed by atoms with Gasteiger partial charge in [0.25, 0.3) is 0 Å². The highest BCUT2D eigenvalue weighted by molar-refractivity contribution is 8.13. The highest BCUT2D eigenvalue weighted by Gasteiger charge is 2.32. The third-order valence-electron chi connectivity index (χ3n) is 5.53. The first-order valence-electron chi connectivity index (χ1n) is 9.36. The number of hydrogen-bond acceptors (Lipinski definition) is 5. The minimum Gasteiger partial charge on any atom is -0.379 e. The van der Waals surface area contributed by atoms with Crippen molar-refractivity contribution in [3.63, 3.8) is 0 Å². The van der Waals surface area contributed by atoms with E-state index in [2.05, 4.69) is 10.4 Å². The zero-order chi connectivity index (χ0) is 19.0. The summed E-state index contributed by atoms with van der Waals surface area (Å²) in [4.78, 5) is 18.3. The highest BCUT2D eigenvalue weighted by Crippen LogP contribution is 2.37. The number of aryl methyl sites for hydroxylation is 1. The number of rotatable bonds is 4. The highest BCUT2D eigenvalue weighted by atomic mass is 32.2. The zero-order valence-corrected chi connectivity index (χ0v) is 17.0. The first-order chi connectivity index (χ1) is 13.0. The molecule has 1 aliphatic carbocycles. The maximum absolute atomic E-state index is 14.6. The van der Waals surface area contributed by atoms with Crippen molar-refractivity contribution in [2.45, 2.75) is 51.0 Å². The van der Waals surface area contributed by atoms with E-state index >= 15 is 0 Å². The zero-order valence-electron chi connectivity index (χ0n) is 15.4. The molecule has 4 rings (SSSR count). The Balaban J connectivity index is 1.61. The second-order valence-corrected chi connectivity index (χ2v) is 9.51. The number of hydrogen-bond donors (Lipinski definition) is 1. The third kappa shape index (κ3) is 3.69. The maximum atomic E-state index is 14.6. The van der Waals surface area contributed by atoms with Crippen LogP contribution in [-0.2, 0) is 24.8 Å². The number of nitrogens with zero attached hydrogens (tertiary/aromatic N) is 1. The molecule has 6 heteroatoms. The Kier molecular flexibility index (Phi) is 5.12. The Morgan fingerprint density at radius 2 is 2.15 bits per heavy atom. The van der Waals surface area contributed by atoms with Crippen molar-refractivity contribution in [3.8, 4) is 0 Å². The van der Waals surface area contributed by atoms with Crippen molar-refractivity contribution in [2.75, 3.05) is 5.75 Å². The number of ketones is 1. The average molecular weight is 403 g/mol. The van der Waals surface area contributed by atoms with Crippen LogP contribution < -0.4 is 5.73 Å². The van der Waals surface area contributed by atoms with Gasteiger partial charge in [0, 0.05) is 17.7 Å². The number of carbonyl (C=O) groups is 1. The number of thioether (sulfide) groups is 1. The summed E-state index contributed by atoms with van der Waals surface area (Å²) in [5, 5.41) is 2.63. The third-order valence-corrected chi connectivity index (χ3v) is 7.44. The van der Waals surface area contributed by atoms with E-state index < -0.39 is 5.54 Å². The second-order valence-electron chi connectivity index (χ2n) is 7.51. The Bertz CT molecular complexity index is 921. The van der Waals surface area contributed by atoms with E-state index in [0.29, 0.717) is 17.2 Å². The van der Waals surface area contributed by atoms with Gasteiger partial charge in [0.15, 0.2) is 11.0 Å². The van der Waals surface area contributed by atoms with Crippen LogP contribution in [0.15, 0.2) is 28.6 Å². The summed E-state index contributed by atoms with van der Waals surface area (Å²) in [7, 11) is 0. The summed E-state index contributed by atoms with van der Waals surface area (Å²) in [6.45, 7) is 1.92. The van der Waals surface area contributed by atoms with Crippen LogP contribution >= 0.6 is 23.1 Å². The molecule has 1 aliphatic heterocycles. The molecule has 0 spiro atoms. The molecule has 1 aromatic carbocycles. The van der Waals surface area contributed by atoms with Crippen LogP contribution in [0.1, 0.15) is 58.1 Å². The van der Waals surface area contributed by atoms with E-state index in [0.717, 1.165) is 41.9 Å². The van der Waals surface area contributed by atoms with Crippen LogP contribution in [0.4, 0.5) is 4.39 Å². The molecule has 2 N–H and O–H groups in total. The molecule has 1 aromatic heterocycles. The summed E-state index contributed by atoms with van der Waals surface area (Å²) in [5.41, 5.74) is 9.17. The van der Waals surface area contributed by atoms with Gasteiger partial charge in [-0.25, -0.2) is 4.39 Å². The fourth-order valence-corrected chi connectivity index (χ4v) is 6.07. The summed E-state index contributed by atoms with van der Waals surface area (Å²) in [5.74, 6) is 0.661. The minimum atomic E-state index is -0.666. The van der Waals surface area contributed by atoms with Gasteiger partial charge in [-0.1, -0.05) is 17.8 Å². The molecular weight excluding hydrogens is 379 g/mol. The molecule has 27 heavy (non-hydrogen) atoms. The number of nitrogens with two attached hydrogens (primary N) is 1. The normalized spacial score (nSPS) is 22.2. The molecule has 0 bridgehead atoms. The van der Waals surface area contributed by atoms with E-state index in [9.17, 15) is 9.18 Å². The van der Waals surface area contributed by atoms with E-state index in [1.165, 1.54) is 35.4 Å². The molecule has 0 radical (unpaired) electrons. The molecule has 0 saturated carbocycles. The standard InChI is InChI=1S/C21H23FN2OS2/c1-21(8-9-26-20(23)24-21)16-10-13(6-7-17(16)22)11-18(25)19-15-5-3-2-4-14(15)12-27-19/h6-7,10,12H,2-5,8-9,11H2,1H3,(H2,23,24)/t21-/m0/s1. The SMILES string of the molecule is C[C@@]1(c2cc(CC(=O)c3scc4c3CCCC4)ccc2F)CCSC(N)=N1. The fourth-order valence-electron chi connectivity index (χ4n) is 3.99. The number of halogens is 1. The van der Waals surface area contributed by atoms with Gasteiger partial charge in [0.1, 0.15) is 5.82 Å². The molecule has 2 aromatic rings. The monoisotopic (exact) mass is 402 g/mol. The molecule has 1 atom stereocenters. The molecule has 3 nitrogen and oxygen atoms in total. The molecule has 0 saturated heterocycles. The van der Waals surface area contributed by atoms with Crippen LogP contribution in [0.25, 0.3) is 0 Å². The molecular formula is C21H23FN2OS2. The molecule has 0 unspecified atom stereocenters. The van der Waals surface area contributed by atoms with Gasteiger partial charge >= 0.3 is 0 Å². The number of thiophene rings is 1. The Hall–Kier alpha value is -1.66. The predicted molar refractivity (Wildman–Crippen MR) is 111 cm³/mol.